The fourth-order valence-corrected chi connectivity index (χ4v) is 0.883. The smallest absolute Gasteiger partial charge is 0.283 e. The Balaban J connectivity index is 0.000000354. The fraction of sp³-hybridized carbons (Fsp3) is 0. The van der Waals surface area contributed by atoms with Crippen LogP contribution in [0.2, 0.25) is 0 Å². The number of rotatable bonds is 1. The highest BCUT2D eigenvalue weighted by Crippen LogP contribution is 2.04. The van der Waals surface area contributed by atoms with Crippen LogP contribution in [0.3, 0.4) is 0 Å². The largest absolute Gasteiger partial charge is 0.452 e. The third-order valence-electron chi connectivity index (χ3n) is 0.775. The lowest BCUT2D eigenvalue weighted by Gasteiger charge is -1.86. The number of aliphatic hydroxyl groups excluding tert-OH is 1. The van der Waals surface area contributed by atoms with Crippen LogP contribution in [0.5, 0.6) is 0 Å². The summed E-state index contributed by atoms with van der Waals surface area (Å²) in [6, 6.07) is 2.75. The first-order valence-electron chi connectivity index (χ1n) is 2.62. The number of nitrogens with zero attached hydrogens (tertiary/aromatic N) is 1. The Hall–Kier alpha value is -1.52. The summed E-state index contributed by atoms with van der Waals surface area (Å²) in [5.74, 6) is 0. The number of nitrogens with two attached hydrogens (primary N) is 1. The van der Waals surface area contributed by atoms with Gasteiger partial charge in [-0.15, -0.1) is 0 Å². The van der Waals surface area contributed by atoms with Crippen molar-refractivity contribution < 1.29 is 17.9 Å². The summed E-state index contributed by atoms with van der Waals surface area (Å²) in [5, 5.41) is 18.2. The quantitative estimate of drug-likeness (QED) is 0.593. The molecule has 1 aromatic rings. The Morgan fingerprint density at radius 1 is 1.67 bits per heavy atom. The molecule has 6 nitrogen and oxygen atoms in total. The lowest BCUT2D eigenvalue weighted by Crippen LogP contribution is -2.10. The molecule has 1 heterocycles. The maximum absolute atomic E-state index is 10.4. The molecule has 0 radical (unpaired) electrons. The van der Waals surface area contributed by atoms with Gasteiger partial charge >= 0.3 is 0 Å². The van der Waals surface area contributed by atoms with Gasteiger partial charge in [0.05, 0.1) is 6.26 Å². The lowest BCUT2D eigenvalue weighted by molar-refractivity contribution is 0.450. The zero-order valence-corrected chi connectivity index (χ0v) is 6.65. The minimum Gasteiger partial charge on any atom is -0.452 e. The Morgan fingerprint density at radius 3 is 2.33 bits per heavy atom. The van der Waals surface area contributed by atoms with Crippen LogP contribution in [0.4, 0.5) is 0 Å². The summed E-state index contributed by atoms with van der Waals surface area (Å²) in [6.45, 7) is 0. The predicted octanol–water partition coefficient (Wildman–Crippen LogP) is -0.233. The van der Waals surface area contributed by atoms with Crippen LogP contribution in [-0.4, -0.2) is 13.5 Å². The highest BCUT2D eigenvalue weighted by atomic mass is 32.2. The Labute approximate surface area is 68.9 Å². The molecule has 0 atom stereocenters. The lowest BCUT2D eigenvalue weighted by atomic mass is 10.7. The van der Waals surface area contributed by atoms with Gasteiger partial charge in [-0.1, -0.05) is 0 Å². The van der Waals surface area contributed by atoms with E-state index in [2.05, 4.69) is 9.56 Å². The van der Waals surface area contributed by atoms with Crippen molar-refractivity contribution in [3.05, 3.63) is 18.4 Å². The summed E-state index contributed by atoms with van der Waals surface area (Å²) in [4.78, 5) is 0. The molecule has 66 valence electrons. The van der Waals surface area contributed by atoms with E-state index in [4.69, 9.17) is 10.4 Å². The van der Waals surface area contributed by atoms with Crippen LogP contribution in [-0.2, 0) is 10.0 Å². The molecule has 0 amide bonds. The van der Waals surface area contributed by atoms with Crippen molar-refractivity contribution in [2.75, 3.05) is 0 Å². The van der Waals surface area contributed by atoms with E-state index in [1.54, 1.807) is 0 Å². The van der Waals surface area contributed by atoms with Gasteiger partial charge in [0.15, 0.2) is 0 Å². The first kappa shape index (κ1) is 10.5. The van der Waals surface area contributed by atoms with Crippen molar-refractivity contribution in [3.8, 4) is 6.26 Å². The van der Waals surface area contributed by atoms with Crippen molar-refractivity contribution in [1.82, 2.24) is 0 Å². The molecule has 0 saturated heterocycles. The van der Waals surface area contributed by atoms with Crippen molar-refractivity contribution in [3.63, 3.8) is 0 Å². The molecule has 0 fully saturated rings. The van der Waals surface area contributed by atoms with Gasteiger partial charge in [-0.05, 0) is 12.1 Å². The fourth-order valence-electron chi connectivity index (χ4n) is 0.425. The molecule has 12 heavy (non-hydrogen) atoms. The van der Waals surface area contributed by atoms with Gasteiger partial charge in [0.1, 0.15) is 0 Å². The summed E-state index contributed by atoms with van der Waals surface area (Å²) in [6.07, 6.45) is 2.00. The van der Waals surface area contributed by atoms with Gasteiger partial charge in [-0.3, -0.25) is 0 Å². The molecule has 0 aliphatic carbocycles. The summed E-state index contributed by atoms with van der Waals surface area (Å²) < 4.78 is 25.2. The average Bonchev–Trinajstić information content (AvgIpc) is 2.36. The van der Waals surface area contributed by atoms with E-state index < -0.39 is 10.0 Å². The molecule has 3 N–H and O–H groups in total. The molecule has 0 aromatic carbocycles. The Bertz CT molecular complexity index is 347. The second-order valence-corrected chi connectivity index (χ2v) is 3.07. The number of hydrogen-bond acceptors (Lipinski definition) is 5. The van der Waals surface area contributed by atoms with E-state index in [1.807, 2.05) is 0 Å². The number of hydrogen-bond donors (Lipinski definition) is 2. The zero-order chi connectivity index (χ0) is 9.61. The second-order valence-electron chi connectivity index (χ2n) is 1.58. The van der Waals surface area contributed by atoms with E-state index in [9.17, 15) is 8.42 Å². The molecule has 0 aliphatic heterocycles. The highest BCUT2D eigenvalue weighted by Gasteiger charge is 2.08. The molecule has 0 spiro atoms. The third-order valence-corrected chi connectivity index (χ3v) is 1.57. The zero-order valence-electron chi connectivity index (χ0n) is 5.84. The monoisotopic (exact) mass is 190 g/mol. The molecule has 0 aliphatic rings. The minimum absolute atomic E-state index is 0.206. The number of nitriles is 1. The van der Waals surface area contributed by atoms with Gasteiger partial charge in [-0.25, -0.2) is 13.6 Å². The summed E-state index contributed by atoms with van der Waals surface area (Å²) in [7, 11) is -3.63. The Morgan fingerprint density at radius 2 is 2.17 bits per heavy atom. The van der Waals surface area contributed by atoms with Gasteiger partial charge in [0.25, 0.3) is 16.3 Å². The molecule has 0 saturated carbocycles. The maximum atomic E-state index is 10.4. The number of primary sulfonamides is 1. The summed E-state index contributed by atoms with van der Waals surface area (Å²) in [5.41, 5.74) is 0. The van der Waals surface area contributed by atoms with E-state index in [0.29, 0.717) is 0 Å². The van der Waals surface area contributed by atoms with Crippen LogP contribution in [0.1, 0.15) is 0 Å². The number of sulfonamides is 1. The molecule has 0 bridgehead atoms. The van der Waals surface area contributed by atoms with E-state index in [1.165, 1.54) is 18.4 Å². The van der Waals surface area contributed by atoms with Gasteiger partial charge < -0.3 is 9.52 Å². The van der Waals surface area contributed by atoms with Gasteiger partial charge in [0.2, 0.25) is 5.09 Å². The van der Waals surface area contributed by atoms with Gasteiger partial charge in [0, 0.05) is 0 Å². The average molecular weight is 190 g/mol. The third kappa shape index (κ3) is 3.60. The van der Waals surface area contributed by atoms with Crippen molar-refractivity contribution >= 4 is 10.0 Å². The number of aliphatic hydroxyl groups is 1. The highest BCUT2D eigenvalue weighted by molar-refractivity contribution is 7.89. The van der Waals surface area contributed by atoms with Crippen LogP contribution < -0.4 is 5.14 Å². The van der Waals surface area contributed by atoms with Crippen molar-refractivity contribution in [1.29, 1.82) is 5.26 Å². The van der Waals surface area contributed by atoms with Gasteiger partial charge in [-0.2, -0.15) is 5.26 Å². The predicted molar refractivity (Wildman–Crippen MR) is 37.6 cm³/mol. The maximum Gasteiger partial charge on any atom is 0.283 e. The minimum atomic E-state index is -3.63. The molecular weight excluding hydrogens is 184 g/mol. The van der Waals surface area contributed by atoms with Crippen LogP contribution in [0, 0.1) is 11.5 Å². The Kier molecular flexibility index (Phi) is 3.82. The van der Waals surface area contributed by atoms with Crippen molar-refractivity contribution in [2.45, 2.75) is 5.09 Å². The van der Waals surface area contributed by atoms with Crippen molar-refractivity contribution in [2.24, 2.45) is 5.14 Å². The standard InChI is InChI=1S/C4H5NO3S.CHNO/c5-9(6,7)4-2-1-3-8-4;2-1-3/h1-3H,(H2,5,6,7);3H. The SMILES string of the molecule is N#CO.NS(=O)(=O)c1ccco1. The first-order valence-corrected chi connectivity index (χ1v) is 4.16. The van der Waals surface area contributed by atoms with E-state index >= 15 is 0 Å². The van der Waals surface area contributed by atoms with E-state index in [0.717, 1.165) is 6.26 Å². The van der Waals surface area contributed by atoms with Crippen LogP contribution >= 0.6 is 0 Å². The molecule has 7 heteroatoms. The summed E-state index contributed by atoms with van der Waals surface area (Å²) >= 11 is 0. The van der Waals surface area contributed by atoms with Crippen LogP contribution in [0.25, 0.3) is 0 Å². The molecule has 1 rings (SSSR count). The van der Waals surface area contributed by atoms with Crippen LogP contribution in [0.15, 0.2) is 27.9 Å². The first-order chi connectivity index (χ1) is 5.52. The molecular formula is C5H6N2O4S. The second kappa shape index (κ2) is 4.38. The molecule has 1 aromatic heterocycles. The molecule has 0 unspecified atom stereocenters. The van der Waals surface area contributed by atoms with E-state index in [-0.39, 0.29) is 5.09 Å². The topological polar surface area (TPSA) is 117 Å². The normalized spacial score (nSPS) is 9.33. The number of furan rings is 1.